The van der Waals surface area contributed by atoms with E-state index in [4.69, 9.17) is 28.2 Å². The molecule has 16 nitrogen and oxygen atoms in total. The number of fused-ring (bicyclic) bond motifs is 1. The number of benzene rings is 4. The maximum atomic E-state index is 13.5. The molecule has 298 valence electrons. The molecule has 0 fully saturated rings. The molecule has 17 heteroatoms. The smallest absolute Gasteiger partial charge is 0.323 e. The maximum Gasteiger partial charge on any atom is 0.323 e. The van der Waals surface area contributed by atoms with Gasteiger partial charge in [0.2, 0.25) is 10.0 Å². The summed E-state index contributed by atoms with van der Waals surface area (Å²) in [6, 6.07) is 22.8. The van der Waals surface area contributed by atoms with Gasteiger partial charge in [0.1, 0.15) is 42.0 Å². The summed E-state index contributed by atoms with van der Waals surface area (Å²) in [7, 11) is -0.667. The van der Waals surface area contributed by atoms with E-state index in [2.05, 4.69) is 35.8 Å². The van der Waals surface area contributed by atoms with Gasteiger partial charge in [0.15, 0.2) is 12.1 Å². The number of carbonyl (C=O) groups is 1. The van der Waals surface area contributed by atoms with Crippen molar-refractivity contribution in [2.24, 2.45) is 0 Å². The molecule has 2 amide bonds. The van der Waals surface area contributed by atoms with Crippen LogP contribution >= 0.6 is 0 Å². The zero-order valence-electron chi connectivity index (χ0n) is 32.2. The van der Waals surface area contributed by atoms with Gasteiger partial charge in [-0.05, 0) is 41.3 Å². The number of aromatic nitrogens is 3. The molecule has 2 aromatic heterocycles. The first-order valence-electron chi connectivity index (χ1n) is 17.6. The third-order valence-electron chi connectivity index (χ3n) is 8.31. The van der Waals surface area contributed by atoms with Crippen LogP contribution in [0, 0.1) is 0 Å². The van der Waals surface area contributed by atoms with E-state index in [9.17, 15) is 13.2 Å². The number of anilines is 5. The third kappa shape index (κ3) is 10.8. The van der Waals surface area contributed by atoms with Crippen molar-refractivity contribution in [2.75, 3.05) is 54.4 Å². The van der Waals surface area contributed by atoms with Gasteiger partial charge in [-0.25, -0.2) is 18.2 Å². The first-order chi connectivity index (χ1) is 27.3. The fraction of sp³-hybridized carbons (Fsp3) is 0.250. The van der Waals surface area contributed by atoms with Gasteiger partial charge in [-0.3, -0.25) is 4.72 Å². The lowest BCUT2D eigenvalue weighted by atomic mass is 9.86. The highest BCUT2D eigenvalue weighted by Gasteiger charge is 2.23. The highest BCUT2D eigenvalue weighted by atomic mass is 32.2. The van der Waals surface area contributed by atoms with Gasteiger partial charge in [0.25, 0.3) is 5.89 Å². The number of ether oxygens (including phenoxy) is 5. The number of carbonyl (C=O) groups excluding carboxylic acids is 1. The number of hydrogen-bond acceptors (Lipinski definition) is 13. The minimum absolute atomic E-state index is 0.169. The number of urea groups is 1. The van der Waals surface area contributed by atoms with Crippen LogP contribution in [-0.4, -0.2) is 63.3 Å². The van der Waals surface area contributed by atoms with Crippen LogP contribution in [0.2, 0.25) is 0 Å². The summed E-state index contributed by atoms with van der Waals surface area (Å²) in [5, 5.41) is 14.1. The lowest BCUT2D eigenvalue weighted by molar-refractivity contribution is 0.0720. The van der Waals surface area contributed by atoms with Crippen molar-refractivity contribution >= 4 is 55.4 Å². The van der Waals surface area contributed by atoms with Crippen molar-refractivity contribution in [2.45, 2.75) is 32.8 Å². The molecule has 0 saturated carbocycles. The second-order valence-corrected chi connectivity index (χ2v) is 15.5. The molecule has 0 aliphatic carbocycles. The van der Waals surface area contributed by atoms with Crippen LogP contribution in [0.25, 0.3) is 10.8 Å². The molecule has 0 saturated heterocycles. The standard InChI is InChI=1S/C40H43N7O9S/c1-40(2,3)25-17-33(38(52-5)34(18-25)47-57(6,49)50)46-39(48)45-32-11-12-35(31-10-8-7-9-30(31)32)55-27-13-14-41-36(22-27)44-26-19-28(51-4)21-29(20-26)54-16-15-53-23-37-42-24-43-56-37/h7-14,17-22,24,47H,15-16,23H2,1-6H3,(H,41,44)(H2,45,46,48). The third-order valence-corrected chi connectivity index (χ3v) is 8.90. The maximum absolute atomic E-state index is 13.5. The molecule has 0 atom stereocenters. The highest BCUT2D eigenvalue weighted by molar-refractivity contribution is 7.92. The molecule has 4 aromatic carbocycles. The Balaban J connectivity index is 1.16. The Hall–Kier alpha value is -6.59. The molecule has 0 radical (unpaired) electrons. The molecule has 0 unspecified atom stereocenters. The second kappa shape index (κ2) is 17.5. The topological polar surface area (TPSA) is 197 Å². The SMILES string of the molecule is COc1cc(Nc2cc(Oc3ccc(NC(=O)Nc4cc(C(C)(C)C)cc(NS(C)(=O)=O)c4OC)c4ccccc34)ccn2)cc(OCCOCc2ncno2)c1. The van der Waals surface area contributed by atoms with Crippen molar-refractivity contribution in [1.29, 1.82) is 0 Å². The van der Waals surface area contributed by atoms with Crippen LogP contribution in [0.1, 0.15) is 32.2 Å². The Morgan fingerprint density at radius 1 is 0.807 bits per heavy atom. The molecule has 0 aliphatic rings. The molecule has 2 heterocycles. The monoisotopic (exact) mass is 797 g/mol. The number of pyridine rings is 1. The summed E-state index contributed by atoms with van der Waals surface area (Å²) in [5.74, 6) is 3.26. The van der Waals surface area contributed by atoms with Gasteiger partial charge in [0.05, 0.1) is 44.1 Å². The Kier molecular flexibility index (Phi) is 12.3. The quantitative estimate of drug-likeness (QED) is 0.0687. The number of nitrogens with one attached hydrogen (secondary N) is 4. The van der Waals surface area contributed by atoms with Crippen molar-refractivity contribution < 1.29 is 41.4 Å². The van der Waals surface area contributed by atoms with Crippen LogP contribution in [0.15, 0.2) is 95.9 Å². The number of sulfonamides is 1. The van der Waals surface area contributed by atoms with Crippen LogP contribution in [0.4, 0.5) is 33.4 Å². The number of hydrogen-bond donors (Lipinski definition) is 4. The Morgan fingerprint density at radius 2 is 1.56 bits per heavy atom. The van der Waals surface area contributed by atoms with Crippen molar-refractivity contribution in [3.8, 4) is 28.7 Å². The first-order valence-corrected chi connectivity index (χ1v) is 19.5. The van der Waals surface area contributed by atoms with Gasteiger partial charge in [-0.1, -0.05) is 50.2 Å². The first kappa shape index (κ1) is 40.1. The number of methoxy groups -OCH3 is 2. The van der Waals surface area contributed by atoms with Crippen molar-refractivity contribution in [3.05, 3.63) is 103 Å². The fourth-order valence-corrected chi connectivity index (χ4v) is 6.25. The van der Waals surface area contributed by atoms with E-state index in [0.29, 0.717) is 58.4 Å². The van der Waals surface area contributed by atoms with Gasteiger partial charge < -0.3 is 44.2 Å². The van der Waals surface area contributed by atoms with E-state index in [0.717, 1.165) is 22.6 Å². The van der Waals surface area contributed by atoms with E-state index < -0.39 is 16.1 Å². The zero-order chi connectivity index (χ0) is 40.6. The van der Waals surface area contributed by atoms with E-state index in [1.54, 1.807) is 55.8 Å². The molecule has 4 N–H and O–H groups in total. The number of amides is 2. The fourth-order valence-electron chi connectivity index (χ4n) is 5.70. The summed E-state index contributed by atoms with van der Waals surface area (Å²) in [4.78, 5) is 21.9. The second-order valence-electron chi connectivity index (χ2n) is 13.7. The van der Waals surface area contributed by atoms with E-state index in [-0.39, 0.29) is 30.1 Å². The van der Waals surface area contributed by atoms with Gasteiger partial charge in [-0.2, -0.15) is 4.98 Å². The van der Waals surface area contributed by atoms with Gasteiger partial charge in [0, 0.05) is 46.9 Å². The Morgan fingerprint density at radius 3 is 2.28 bits per heavy atom. The molecular weight excluding hydrogens is 755 g/mol. The van der Waals surface area contributed by atoms with E-state index in [1.165, 1.54) is 13.4 Å². The molecule has 6 aromatic rings. The van der Waals surface area contributed by atoms with Gasteiger partial charge >= 0.3 is 6.03 Å². The lowest BCUT2D eigenvalue weighted by Gasteiger charge is -2.24. The molecular formula is C40H43N7O9S. The summed E-state index contributed by atoms with van der Waals surface area (Å²) in [5.41, 5.74) is 2.10. The predicted molar refractivity (Wildman–Crippen MR) is 217 cm³/mol. The number of rotatable bonds is 16. The van der Waals surface area contributed by atoms with Crippen LogP contribution in [0.5, 0.6) is 28.7 Å². The average molecular weight is 798 g/mol. The predicted octanol–water partition coefficient (Wildman–Crippen LogP) is 8.08. The van der Waals surface area contributed by atoms with Crippen LogP contribution < -0.4 is 39.6 Å². The van der Waals surface area contributed by atoms with E-state index in [1.807, 2.05) is 57.2 Å². The zero-order valence-corrected chi connectivity index (χ0v) is 33.0. The summed E-state index contributed by atoms with van der Waals surface area (Å²) < 4.78 is 60.6. The average Bonchev–Trinajstić information content (AvgIpc) is 3.68. The van der Waals surface area contributed by atoms with Crippen LogP contribution in [0.3, 0.4) is 0 Å². The van der Waals surface area contributed by atoms with Crippen LogP contribution in [-0.2, 0) is 26.8 Å². The minimum Gasteiger partial charge on any atom is -0.497 e. The minimum atomic E-state index is -3.64. The Labute approximate surface area is 329 Å². The summed E-state index contributed by atoms with van der Waals surface area (Å²) in [6.45, 7) is 6.71. The summed E-state index contributed by atoms with van der Waals surface area (Å²) >= 11 is 0. The number of nitrogens with zero attached hydrogens (tertiary/aromatic N) is 3. The van der Waals surface area contributed by atoms with Crippen molar-refractivity contribution in [1.82, 2.24) is 15.1 Å². The van der Waals surface area contributed by atoms with Gasteiger partial charge in [-0.15, -0.1) is 0 Å². The highest BCUT2D eigenvalue weighted by Crippen LogP contribution is 2.40. The lowest BCUT2D eigenvalue weighted by Crippen LogP contribution is -2.22. The summed E-state index contributed by atoms with van der Waals surface area (Å²) in [6.07, 6.45) is 3.99. The van der Waals surface area contributed by atoms with Crippen molar-refractivity contribution in [3.63, 3.8) is 0 Å². The molecule has 0 bridgehead atoms. The largest absolute Gasteiger partial charge is 0.497 e. The molecule has 0 spiro atoms. The molecule has 6 rings (SSSR count). The normalized spacial score (nSPS) is 11.5. The Bertz CT molecular complexity index is 2450. The van der Waals surface area contributed by atoms with E-state index >= 15 is 0 Å². The molecule has 0 aliphatic heterocycles. The molecule has 57 heavy (non-hydrogen) atoms.